The third-order valence-electron chi connectivity index (χ3n) is 3.94. The molecule has 1 unspecified atom stereocenters. The highest BCUT2D eigenvalue weighted by Gasteiger charge is 2.20. The molecule has 0 saturated heterocycles. The zero-order chi connectivity index (χ0) is 12.1. The van der Waals surface area contributed by atoms with Gasteiger partial charge in [0.1, 0.15) is 5.82 Å². The number of hydrogen-bond acceptors (Lipinski definition) is 2. The van der Waals surface area contributed by atoms with Gasteiger partial charge in [0, 0.05) is 31.9 Å². The summed E-state index contributed by atoms with van der Waals surface area (Å²) < 4.78 is 2.14. The molecular formula is C14H25N3. The van der Waals surface area contributed by atoms with E-state index in [1.165, 1.54) is 37.9 Å². The summed E-state index contributed by atoms with van der Waals surface area (Å²) in [5, 5.41) is 3.62. The molecule has 1 aromatic rings. The molecule has 3 heteroatoms. The van der Waals surface area contributed by atoms with Gasteiger partial charge in [-0.3, -0.25) is 0 Å². The molecule has 2 rings (SSSR count). The third kappa shape index (κ3) is 3.56. The molecule has 1 N–H and O–H groups in total. The first-order valence-electron chi connectivity index (χ1n) is 6.99. The summed E-state index contributed by atoms with van der Waals surface area (Å²) in [5.74, 6) is 2.15. The molecule has 1 atom stereocenters. The Morgan fingerprint density at radius 1 is 1.47 bits per heavy atom. The summed E-state index contributed by atoms with van der Waals surface area (Å²) in [5.41, 5.74) is 0. The van der Waals surface area contributed by atoms with Gasteiger partial charge >= 0.3 is 0 Å². The van der Waals surface area contributed by atoms with E-state index in [1.807, 2.05) is 12.4 Å². The summed E-state index contributed by atoms with van der Waals surface area (Å²) in [4.78, 5) is 4.44. The van der Waals surface area contributed by atoms with Crippen molar-refractivity contribution in [2.24, 2.45) is 13.0 Å². The van der Waals surface area contributed by atoms with Crippen LogP contribution in [-0.2, 0) is 13.5 Å². The van der Waals surface area contributed by atoms with Crippen LogP contribution in [0.2, 0.25) is 0 Å². The lowest BCUT2D eigenvalue weighted by Gasteiger charge is -2.21. The first kappa shape index (κ1) is 12.6. The molecule has 0 bridgehead atoms. The summed E-state index contributed by atoms with van der Waals surface area (Å²) in [6, 6.07) is 0.601. The van der Waals surface area contributed by atoms with E-state index in [0.29, 0.717) is 6.04 Å². The molecular weight excluding hydrogens is 210 g/mol. The van der Waals surface area contributed by atoms with Gasteiger partial charge in [0.25, 0.3) is 0 Å². The molecule has 0 aliphatic heterocycles. The smallest absolute Gasteiger partial charge is 0.109 e. The van der Waals surface area contributed by atoms with Crippen LogP contribution in [0.15, 0.2) is 12.4 Å². The van der Waals surface area contributed by atoms with Crippen molar-refractivity contribution in [2.45, 2.75) is 51.5 Å². The lowest BCUT2D eigenvalue weighted by Crippen LogP contribution is -2.33. The topological polar surface area (TPSA) is 29.9 Å². The monoisotopic (exact) mass is 235 g/mol. The zero-order valence-electron chi connectivity index (χ0n) is 11.2. The minimum atomic E-state index is 0.601. The van der Waals surface area contributed by atoms with Crippen molar-refractivity contribution in [2.75, 3.05) is 6.54 Å². The standard InChI is InChI=1S/C14H25N3/c1-3-15-13(10-12-6-4-5-7-12)11-14-16-8-9-17(14)2/h8-9,12-13,15H,3-7,10-11H2,1-2H3. The van der Waals surface area contributed by atoms with Crippen LogP contribution in [-0.4, -0.2) is 22.1 Å². The summed E-state index contributed by atoms with van der Waals surface area (Å²) >= 11 is 0. The van der Waals surface area contributed by atoms with Crippen molar-refractivity contribution < 1.29 is 0 Å². The number of hydrogen-bond donors (Lipinski definition) is 1. The first-order valence-corrected chi connectivity index (χ1v) is 6.99. The molecule has 17 heavy (non-hydrogen) atoms. The van der Waals surface area contributed by atoms with Crippen LogP contribution in [0.5, 0.6) is 0 Å². The van der Waals surface area contributed by atoms with E-state index in [2.05, 4.69) is 28.8 Å². The highest BCUT2D eigenvalue weighted by atomic mass is 15.0. The second-order valence-corrected chi connectivity index (χ2v) is 5.30. The average molecular weight is 235 g/mol. The van der Waals surface area contributed by atoms with Crippen molar-refractivity contribution in [3.63, 3.8) is 0 Å². The summed E-state index contributed by atoms with van der Waals surface area (Å²) in [6.07, 6.45) is 12.1. The van der Waals surface area contributed by atoms with Gasteiger partial charge in [-0.1, -0.05) is 32.6 Å². The normalized spacial score (nSPS) is 18.7. The molecule has 0 spiro atoms. The Hall–Kier alpha value is -0.830. The molecule has 96 valence electrons. The predicted molar refractivity (Wildman–Crippen MR) is 71.0 cm³/mol. The second kappa shape index (κ2) is 6.20. The maximum absolute atomic E-state index is 4.44. The fourth-order valence-electron chi connectivity index (χ4n) is 2.99. The van der Waals surface area contributed by atoms with Gasteiger partial charge in [0.2, 0.25) is 0 Å². The maximum atomic E-state index is 4.44. The minimum absolute atomic E-state index is 0.601. The fraction of sp³-hybridized carbons (Fsp3) is 0.786. The van der Waals surface area contributed by atoms with Gasteiger partial charge in [-0.25, -0.2) is 4.98 Å². The maximum Gasteiger partial charge on any atom is 0.109 e. The van der Waals surface area contributed by atoms with Crippen molar-refractivity contribution >= 4 is 0 Å². The molecule has 0 amide bonds. The molecule has 1 aromatic heterocycles. The molecule has 1 fully saturated rings. The van der Waals surface area contributed by atoms with Gasteiger partial charge < -0.3 is 9.88 Å². The Morgan fingerprint density at radius 3 is 2.82 bits per heavy atom. The lowest BCUT2D eigenvalue weighted by molar-refractivity contribution is 0.384. The van der Waals surface area contributed by atoms with Crippen molar-refractivity contribution in [1.82, 2.24) is 14.9 Å². The number of aromatic nitrogens is 2. The van der Waals surface area contributed by atoms with Crippen LogP contribution in [0.25, 0.3) is 0 Å². The third-order valence-corrected chi connectivity index (χ3v) is 3.94. The van der Waals surface area contributed by atoms with Crippen molar-refractivity contribution in [3.05, 3.63) is 18.2 Å². The molecule has 0 radical (unpaired) electrons. The second-order valence-electron chi connectivity index (χ2n) is 5.30. The van der Waals surface area contributed by atoms with E-state index in [-0.39, 0.29) is 0 Å². The molecule has 3 nitrogen and oxygen atoms in total. The number of nitrogens with one attached hydrogen (secondary N) is 1. The van der Waals surface area contributed by atoms with E-state index in [0.717, 1.165) is 18.9 Å². The Bertz CT molecular complexity index is 326. The number of imidazole rings is 1. The van der Waals surface area contributed by atoms with Crippen LogP contribution in [0.1, 0.15) is 44.9 Å². The average Bonchev–Trinajstić information content (AvgIpc) is 2.92. The van der Waals surface area contributed by atoms with Crippen molar-refractivity contribution in [1.29, 1.82) is 0 Å². The van der Waals surface area contributed by atoms with Crippen LogP contribution in [0.3, 0.4) is 0 Å². The predicted octanol–water partition coefficient (Wildman–Crippen LogP) is 2.52. The molecule has 1 heterocycles. The van der Waals surface area contributed by atoms with Crippen LogP contribution >= 0.6 is 0 Å². The Morgan fingerprint density at radius 2 is 2.24 bits per heavy atom. The molecule has 1 aliphatic carbocycles. The number of rotatable bonds is 6. The number of nitrogens with zero attached hydrogens (tertiary/aromatic N) is 2. The zero-order valence-corrected chi connectivity index (χ0v) is 11.2. The quantitative estimate of drug-likeness (QED) is 0.821. The van der Waals surface area contributed by atoms with Gasteiger partial charge in [-0.2, -0.15) is 0 Å². The van der Waals surface area contributed by atoms with Crippen LogP contribution in [0.4, 0.5) is 0 Å². The lowest BCUT2D eigenvalue weighted by atomic mass is 9.96. The van der Waals surface area contributed by atoms with E-state index in [4.69, 9.17) is 0 Å². The Kier molecular flexibility index (Phi) is 4.60. The van der Waals surface area contributed by atoms with E-state index in [1.54, 1.807) is 0 Å². The van der Waals surface area contributed by atoms with Gasteiger partial charge in [-0.05, 0) is 18.9 Å². The number of likely N-dealkylation sites (N-methyl/N-ethyl adjacent to an activating group) is 1. The molecule has 1 saturated carbocycles. The highest BCUT2D eigenvalue weighted by molar-refractivity contribution is 4.95. The SMILES string of the molecule is CCNC(Cc1nccn1C)CC1CCCC1. The first-order chi connectivity index (χ1) is 8.29. The van der Waals surface area contributed by atoms with E-state index >= 15 is 0 Å². The summed E-state index contributed by atoms with van der Waals surface area (Å²) in [6.45, 7) is 3.25. The van der Waals surface area contributed by atoms with Crippen molar-refractivity contribution in [3.8, 4) is 0 Å². The van der Waals surface area contributed by atoms with Crippen LogP contribution in [0, 0.1) is 5.92 Å². The van der Waals surface area contributed by atoms with Gasteiger partial charge in [-0.15, -0.1) is 0 Å². The Labute approximate surface area is 105 Å². The highest BCUT2D eigenvalue weighted by Crippen LogP contribution is 2.29. The van der Waals surface area contributed by atoms with Crippen LogP contribution < -0.4 is 5.32 Å². The molecule has 0 aromatic carbocycles. The number of aryl methyl sites for hydroxylation is 1. The Balaban J connectivity index is 1.89. The van der Waals surface area contributed by atoms with E-state index < -0.39 is 0 Å². The van der Waals surface area contributed by atoms with E-state index in [9.17, 15) is 0 Å². The fourth-order valence-corrected chi connectivity index (χ4v) is 2.99. The molecule has 1 aliphatic rings. The van der Waals surface area contributed by atoms with Gasteiger partial charge in [0.15, 0.2) is 0 Å². The largest absolute Gasteiger partial charge is 0.338 e. The minimum Gasteiger partial charge on any atom is -0.338 e. The summed E-state index contributed by atoms with van der Waals surface area (Å²) in [7, 11) is 2.08. The van der Waals surface area contributed by atoms with Gasteiger partial charge in [0.05, 0.1) is 0 Å².